The highest BCUT2D eigenvalue weighted by Gasteiger charge is 2.35. The number of thioether (sulfide) groups is 1. The predicted molar refractivity (Wildman–Crippen MR) is 160 cm³/mol. The topological polar surface area (TPSA) is 81.8 Å². The van der Waals surface area contributed by atoms with Crippen LogP contribution >= 0.6 is 24.0 Å². The lowest BCUT2D eigenvalue weighted by Gasteiger charge is -2.39. The van der Waals surface area contributed by atoms with E-state index in [-0.39, 0.29) is 29.0 Å². The van der Waals surface area contributed by atoms with Crippen molar-refractivity contribution in [3.8, 4) is 6.07 Å². The van der Waals surface area contributed by atoms with E-state index in [0.717, 1.165) is 18.5 Å². The third kappa shape index (κ3) is 5.53. The smallest absolute Gasteiger partial charge is 0.270 e. The molecule has 1 aromatic carbocycles. The van der Waals surface area contributed by atoms with E-state index >= 15 is 0 Å². The maximum absolute atomic E-state index is 13.5. The van der Waals surface area contributed by atoms with Gasteiger partial charge >= 0.3 is 0 Å². The molecule has 1 amide bonds. The Balaban J connectivity index is 1.52. The van der Waals surface area contributed by atoms with Crippen LogP contribution in [0, 0.1) is 24.1 Å². The van der Waals surface area contributed by atoms with Gasteiger partial charge in [0.05, 0.1) is 17.6 Å². The molecule has 0 radical (unpaired) electrons. The second-order valence-electron chi connectivity index (χ2n) is 10.2. The number of thiocarbonyl (C=S) groups is 1. The van der Waals surface area contributed by atoms with Crippen LogP contribution in [-0.4, -0.2) is 65.1 Å². The van der Waals surface area contributed by atoms with Gasteiger partial charge in [0.1, 0.15) is 27.6 Å². The summed E-state index contributed by atoms with van der Waals surface area (Å²) in [5.74, 6) is 0.264. The Morgan fingerprint density at radius 2 is 1.88 bits per heavy atom. The first kappa shape index (κ1) is 28.3. The van der Waals surface area contributed by atoms with Crippen molar-refractivity contribution in [1.82, 2.24) is 9.47 Å². The van der Waals surface area contributed by atoms with E-state index < -0.39 is 0 Å². The van der Waals surface area contributed by atoms with E-state index in [1.165, 1.54) is 23.9 Å². The van der Waals surface area contributed by atoms with Crippen LogP contribution in [0.15, 0.2) is 34.0 Å². The number of rotatable bonds is 7. The molecule has 1 atom stereocenters. The molecule has 3 saturated heterocycles. The van der Waals surface area contributed by atoms with Crippen molar-refractivity contribution in [2.75, 3.05) is 49.1 Å². The third-order valence-electron chi connectivity index (χ3n) is 7.62. The van der Waals surface area contributed by atoms with Crippen molar-refractivity contribution >= 4 is 51.8 Å². The Hall–Kier alpha value is -3.20. The van der Waals surface area contributed by atoms with Crippen LogP contribution < -0.4 is 15.4 Å². The van der Waals surface area contributed by atoms with Gasteiger partial charge in [0.25, 0.3) is 11.5 Å². The molecule has 4 heterocycles. The van der Waals surface area contributed by atoms with Crippen LogP contribution in [0.2, 0.25) is 0 Å². The second-order valence-corrected chi connectivity index (χ2v) is 11.9. The molecule has 1 unspecified atom stereocenters. The summed E-state index contributed by atoms with van der Waals surface area (Å²) >= 11 is 6.81. The highest BCUT2D eigenvalue weighted by Crippen LogP contribution is 2.37. The van der Waals surface area contributed by atoms with E-state index in [1.54, 1.807) is 34.6 Å². The molecule has 210 valence electrons. The molecule has 40 heavy (non-hydrogen) atoms. The normalized spacial score (nSPS) is 20.6. The van der Waals surface area contributed by atoms with Gasteiger partial charge in [-0.05, 0) is 62.1 Å². The number of carbonyl (C=O) groups excluding carboxylic acids is 1. The van der Waals surface area contributed by atoms with Gasteiger partial charge in [-0.2, -0.15) is 5.26 Å². The van der Waals surface area contributed by atoms with Crippen molar-refractivity contribution in [2.24, 2.45) is 0 Å². The van der Waals surface area contributed by atoms with Crippen molar-refractivity contribution in [2.45, 2.75) is 45.8 Å². The number of benzene rings is 1. The molecular weight excluding hydrogens is 549 g/mol. The zero-order chi connectivity index (χ0) is 28.4. The average molecular weight is 582 g/mol. The van der Waals surface area contributed by atoms with Gasteiger partial charge in [-0.1, -0.05) is 30.9 Å². The number of halogens is 1. The quantitative estimate of drug-likeness (QED) is 0.354. The van der Waals surface area contributed by atoms with Gasteiger partial charge in [-0.25, -0.2) is 4.39 Å². The summed E-state index contributed by atoms with van der Waals surface area (Å²) in [5, 5.41) is 9.91. The van der Waals surface area contributed by atoms with Gasteiger partial charge in [0.15, 0.2) is 0 Å². The maximum Gasteiger partial charge on any atom is 0.270 e. The molecule has 8 nitrogen and oxygen atoms in total. The summed E-state index contributed by atoms with van der Waals surface area (Å²) in [7, 11) is 0. The predicted octanol–water partition coefficient (Wildman–Crippen LogP) is 4.28. The van der Waals surface area contributed by atoms with Crippen molar-refractivity contribution in [3.63, 3.8) is 0 Å². The third-order valence-corrected chi connectivity index (χ3v) is 9.00. The number of nitriles is 1. The van der Waals surface area contributed by atoms with E-state index in [0.29, 0.717) is 78.5 Å². The Labute approximate surface area is 243 Å². The van der Waals surface area contributed by atoms with Crippen LogP contribution in [0.4, 0.5) is 15.9 Å². The second kappa shape index (κ2) is 12.1. The lowest BCUT2D eigenvalue weighted by molar-refractivity contribution is -0.123. The fourth-order valence-electron chi connectivity index (χ4n) is 5.52. The molecule has 0 N–H and O–H groups in total. The zero-order valence-corrected chi connectivity index (χ0v) is 24.3. The highest BCUT2D eigenvalue weighted by molar-refractivity contribution is 8.26. The number of amides is 1. The number of pyridine rings is 1. The van der Waals surface area contributed by atoms with Gasteiger partial charge in [-0.3, -0.25) is 19.1 Å². The van der Waals surface area contributed by atoms with Crippen LogP contribution in [0.1, 0.15) is 42.9 Å². The summed E-state index contributed by atoms with van der Waals surface area (Å²) in [6.45, 7) is 7.92. The number of carbonyl (C=O) groups is 1. The SMILES string of the molecule is CCCn1c(N2CCN(c3ccc(F)cc3)CC2)c(C=C2SC(=S)N(CC3CCCO3)C2=O)c(C)c(C#N)c1=O. The standard InChI is InChI=1S/C29H32FN5O3S2/c1-3-10-34-26(33-13-11-32(12-14-33)21-8-6-20(30)7-9-21)23(19(2)24(17-31)27(34)36)16-25-28(37)35(29(39)40-25)18-22-5-4-15-38-22/h6-9,16,22H,3-5,10-15,18H2,1-2H3. The van der Waals surface area contributed by atoms with Gasteiger partial charge < -0.3 is 14.5 Å². The van der Waals surface area contributed by atoms with Crippen molar-refractivity contribution < 1.29 is 13.9 Å². The minimum absolute atomic E-state index is 0.0202. The summed E-state index contributed by atoms with van der Waals surface area (Å²) in [4.78, 5) is 33.4. The minimum atomic E-state index is -0.319. The largest absolute Gasteiger partial charge is 0.376 e. The Kier molecular flexibility index (Phi) is 8.59. The molecule has 5 rings (SSSR count). The number of nitrogens with zero attached hydrogens (tertiary/aromatic N) is 5. The molecule has 0 bridgehead atoms. The first-order valence-corrected chi connectivity index (χ1v) is 14.8. The van der Waals surface area contributed by atoms with Gasteiger partial charge in [0.2, 0.25) is 0 Å². The Morgan fingerprint density at radius 3 is 2.50 bits per heavy atom. The fraction of sp³-hybridized carbons (Fsp3) is 0.448. The fourth-order valence-corrected chi connectivity index (χ4v) is 6.78. The van der Waals surface area contributed by atoms with Crippen LogP contribution in [0.3, 0.4) is 0 Å². The number of piperazine rings is 1. The van der Waals surface area contributed by atoms with Crippen molar-refractivity contribution in [3.05, 3.63) is 62.0 Å². The lowest BCUT2D eigenvalue weighted by atomic mass is 10.0. The van der Waals surface area contributed by atoms with Gasteiger partial charge in [0, 0.05) is 50.6 Å². The van der Waals surface area contributed by atoms with Crippen molar-refractivity contribution in [1.29, 1.82) is 5.26 Å². The molecule has 0 aliphatic carbocycles. The summed E-state index contributed by atoms with van der Waals surface area (Å²) in [5.41, 5.74) is 1.96. The number of ether oxygens (including phenoxy) is 1. The van der Waals surface area contributed by atoms with Crippen LogP contribution in [0.5, 0.6) is 0 Å². The van der Waals surface area contributed by atoms with E-state index in [4.69, 9.17) is 17.0 Å². The Morgan fingerprint density at radius 1 is 1.18 bits per heavy atom. The van der Waals surface area contributed by atoms with E-state index in [1.807, 2.05) is 6.92 Å². The number of aromatic nitrogens is 1. The molecule has 3 fully saturated rings. The maximum atomic E-state index is 13.5. The summed E-state index contributed by atoms with van der Waals surface area (Å²) in [6.07, 6.45) is 4.37. The average Bonchev–Trinajstić information content (AvgIpc) is 3.56. The number of hydrogen-bond donors (Lipinski definition) is 0. The number of anilines is 2. The molecule has 0 spiro atoms. The zero-order valence-electron chi connectivity index (χ0n) is 22.7. The first-order chi connectivity index (χ1) is 19.3. The van der Waals surface area contributed by atoms with E-state index in [2.05, 4.69) is 15.9 Å². The number of hydrogen-bond acceptors (Lipinski definition) is 8. The Bertz CT molecular complexity index is 1440. The molecule has 2 aromatic rings. The molecule has 1 aromatic heterocycles. The van der Waals surface area contributed by atoms with Crippen LogP contribution in [0.25, 0.3) is 6.08 Å². The summed E-state index contributed by atoms with van der Waals surface area (Å²) < 4.78 is 21.3. The minimum Gasteiger partial charge on any atom is -0.376 e. The monoisotopic (exact) mass is 581 g/mol. The molecular formula is C29H32FN5O3S2. The molecule has 11 heteroatoms. The lowest BCUT2D eigenvalue weighted by Crippen LogP contribution is -2.48. The van der Waals surface area contributed by atoms with Crippen LogP contribution in [-0.2, 0) is 16.1 Å². The van der Waals surface area contributed by atoms with Gasteiger partial charge in [-0.15, -0.1) is 0 Å². The highest BCUT2D eigenvalue weighted by atomic mass is 32.2. The van der Waals surface area contributed by atoms with E-state index in [9.17, 15) is 19.2 Å². The summed E-state index contributed by atoms with van der Waals surface area (Å²) in [6, 6.07) is 8.56. The molecule has 3 aliphatic rings. The molecule has 3 aliphatic heterocycles. The molecule has 0 saturated carbocycles. The first-order valence-electron chi connectivity index (χ1n) is 13.6.